The summed E-state index contributed by atoms with van der Waals surface area (Å²) in [6, 6.07) is 9.98. The number of H-pyrrole nitrogens is 2. The number of halogens is 2. The lowest BCUT2D eigenvalue weighted by Gasteiger charge is -2.52. The van der Waals surface area contributed by atoms with Gasteiger partial charge in [-0.25, -0.2) is 18.6 Å². The fourth-order valence-electron chi connectivity index (χ4n) is 8.15. The average molecular weight is 750 g/mol. The molecular weight excluding hydrogens is 705 g/mol. The normalized spacial score (nSPS) is 20.2. The number of aromatic amines is 2. The Labute approximate surface area is 309 Å². The fraction of sp³-hybridized carbons (Fsp3) is 0.526. The van der Waals surface area contributed by atoms with Gasteiger partial charge in [-0.15, -0.1) is 0 Å². The van der Waals surface area contributed by atoms with E-state index in [1.165, 1.54) is 29.0 Å². The third-order valence-electron chi connectivity index (χ3n) is 11.3. The minimum atomic E-state index is -0.617. The van der Waals surface area contributed by atoms with Crippen molar-refractivity contribution in [3.05, 3.63) is 91.2 Å². The van der Waals surface area contributed by atoms with Gasteiger partial charge in [0.15, 0.2) is 0 Å². The number of nitrogens with one attached hydrogen (secondary N) is 2. The summed E-state index contributed by atoms with van der Waals surface area (Å²) < 4.78 is 42.9. The van der Waals surface area contributed by atoms with Crippen LogP contribution in [0.3, 0.4) is 0 Å². The highest BCUT2D eigenvalue weighted by atomic mass is 32.2. The molecular formula is C38H45F2N7O5S. The van der Waals surface area contributed by atoms with Crippen molar-refractivity contribution < 1.29 is 18.3 Å². The Balaban J connectivity index is 0.775. The largest absolute Gasteiger partial charge is 0.493 e. The molecule has 0 unspecified atom stereocenters. The maximum absolute atomic E-state index is 15.2. The summed E-state index contributed by atoms with van der Waals surface area (Å²) in [5, 5.41) is 0.433. The van der Waals surface area contributed by atoms with Gasteiger partial charge in [0.05, 0.1) is 29.3 Å². The number of nitrogens with zero attached hydrogens (tertiary/aromatic N) is 5. The van der Waals surface area contributed by atoms with E-state index in [2.05, 4.69) is 29.7 Å². The number of thioether (sulfide) groups is 1. The van der Waals surface area contributed by atoms with E-state index >= 15 is 8.78 Å². The second-order valence-electron chi connectivity index (χ2n) is 14.7. The van der Waals surface area contributed by atoms with Crippen molar-refractivity contribution in [1.82, 2.24) is 29.3 Å². The van der Waals surface area contributed by atoms with E-state index in [0.717, 1.165) is 91.0 Å². The molecule has 2 aromatic heterocycles. The van der Waals surface area contributed by atoms with Crippen molar-refractivity contribution in [1.29, 1.82) is 0 Å². The van der Waals surface area contributed by atoms with Gasteiger partial charge in [0.2, 0.25) is 0 Å². The summed E-state index contributed by atoms with van der Waals surface area (Å²) in [5.41, 5.74) is -0.336. The second kappa shape index (κ2) is 15.7. The lowest BCUT2D eigenvalue weighted by atomic mass is 9.92. The molecule has 2 aromatic carbocycles. The number of rotatable bonds is 10. The van der Waals surface area contributed by atoms with Gasteiger partial charge < -0.3 is 19.4 Å². The second-order valence-corrected chi connectivity index (χ2v) is 16.0. The van der Waals surface area contributed by atoms with Crippen molar-refractivity contribution in [3.63, 3.8) is 0 Å². The maximum atomic E-state index is 15.2. The van der Waals surface area contributed by atoms with Crippen molar-refractivity contribution >= 4 is 28.4 Å². The third kappa shape index (κ3) is 8.08. The zero-order valence-corrected chi connectivity index (χ0v) is 30.4. The molecule has 0 bridgehead atoms. The number of likely N-dealkylation sites (tertiary alicyclic amines) is 2. The molecule has 4 saturated heterocycles. The van der Waals surface area contributed by atoms with E-state index in [1.54, 1.807) is 30.0 Å². The van der Waals surface area contributed by atoms with E-state index in [9.17, 15) is 14.4 Å². The zero-order chi connectivity index (χ0) is 36.5. The monoisotopic (exact) mass is 749 g/mol. The van der Waals surface area contributed by atoms with E-state index in [4.69, 9.17) is 9.47 Å². The van der Waals surface area contributed by atoms with E-state index in [-0.39, 0.29) is 11.2 Å². The van der Waals surface area contributed by atoms with E-state index in [1.807, 2.05) is 0 Å². The Kier molecular flexibility index (Phi) is 10.7. The quantitative estimate of drug-likeness (QED) is 0.247. The van der Waals surface area contributed by atoms with Gasteiger partial charge in [-0.1, -0.05) is 0 Å². The summed E-state index contributed by atoms with van der Waals surface area (Å²) in [6.45, 7) is 7.62. The van der Waals surface area contributed by atoms with Crippen molar-refractivity contribution in [2.45, 2.75) is 61.6 Å². The first-order valence-electron chi connectivity index (χ1n) is 18.7. The topological polar surface area (TPSA) is 129 Å². The van der Waals surface area contributed by atoms with Crippen LogP contribution >= 0.6 is 11.8 Å². The number of benzene rings is 2. The molecule has 0 radical (unpaired) electrons. The van der Waals surface area contributed by atoms with Crippen LogP contribution in [0.2, 0.25) is 0 Å². The van der Waals surface area contributed by atoms with Crippen LogP contribution in [-0.4, -0.2) is 106 Å². The summed E-state index contributed by atoms with van der Waals surface area (Å²) in [6.07, 6.45) is 7.25. The van der Waals surface area contributed by atoms with Gasteiger partial charge in [0.25, 0.3) is 11.1 Å². The van der Waals surface area contributed by atoms with Gasteiger partial charge in [-0.05, 0) is 69.7 Å². The summed E-state index contributed by atoms with van der Waals surface area (Å²) in [7, 11) is 0. The zero-order valence-electron chi connectivity index (χ0n) is 29.6. The highest BCUT2D eigenvalue weighted by Crippen LogP contribution is 2.31. The number of hydrogen-bond acceptors (Lipinski definition) is 10. The Morgan fingerprint density at radius 2 is 1.62 bits per heavy atom. The molecule has 15 heteroatoms. The lowest BCUT2D eigenvalue weighted by molar-refractivity contribution is -0.0181. The smallest absolute Gasteiger partial charge is 0.332 e. The summed E-state index contributed by atoms with van der Waals surface area (Å²) in [5.74, 6) is 0.876. The predicted molar refractivity (Wildman–Crippen MR) is 200 cm³/mol. The predicted octanol–water partition coefficient (Wildman–Crippen LogP) is 3.90. The lowest BCUT2D eigenvalue weighted by Crippen LogP contribution is -2.64. The first kappa shape index (κ1) is 36.0. The van der Waals surface area contributed by atoms with Gasteiger partial charge in [0.1, 0.15) is 28.6 Å². The molecule has 0 saturated carbocycles. The van der Waals surface area contributed by atoms with Gasteiger partial charge in [-0.2, -0.15) is 11.8 Å². The highest BCUT2D eigenvalue weighted by molar-refractivity contribution is 7.99. The number of hydrogen-bond donors (Lipinski definition) is 2. The summed E-state index contributed by atoms with van der Waals surface area (Å²) in [4.78, 5) is 53.0. The minimum absolute atomic E-state index is 0.0330. The van der Waals surface area contributed by atoms with Crippen molar-refractivity contribution in [2.75, 3.05) is 64.0 Å². The van der Waals surface area contributed by atoms with Gasteiger partial charge >= 0.3 is 5.69 Å². The number of ether oxygens (including phenoxy) is 2. The van der Waals surface area contributed by atoms with Crippen LogP contribution in [0.4, 0.5) is 14.5 Å². The molecule has 4 aromatic rings. The van der Waals surface area contributed by atoms with Gasteiger partial charge in [0, 0.05) is 87.2 Å². The molecule has 8 rings (SSSR count). The fourth-order valence-corrected chi connectivity index (χ4v) is 9.21. The SMILES string of the molecule is O=c1ccn(-c2ccc(N3CCC(N4CC(N5CCC(COc6cc(F)c7c(=O)[nH]c(CSC8CCOCC8)nc7c6)CC5)C4)CC3)c(F)c2)c(=O)[nH]1. The van der Waals surface area contributed by atoms with Crippen molar-refractivity contribution in [2.24, 2.45) is 5.92 Å². The molecule has 6 heterocycles. The Hall–Kier alpha value is -4.05. The van der Waals surface area contributed by atoms with Crippen LogP contribution in [0.1, 0.15) is 44.3 Å². The molecule has 0 amide bonds. The molecule has 53 heavy (non-hydrogen) atoms. The van der Waals surface area contributed by atoms with Crippen LogP contribution < -0.4 is 26.4 Å². The standard InChI is InChI=1S/C38H45F2N7O5S/c39-30-17-26(47-14-7-35(48)43-38(47)50)1-2-33(30)45-12-5-25(6-13-45)46-20-27(21-46)44-10-3-24(4-11-44)22-52-28-18-31(40)36-32(19-28)41-34(42-37(36)49)23-53-29-8-15-51-16-9-29/h1-2,7,14,17-19,24-25,27,29H,3-6,8-13,15-16,20-23H2,(H,41,42,49)(H,43,48,50). The molecule has 4 aliphatic heterocycles. The van der Waals surface area contributed by atoms with Crippen molar-refractivity contribution in [3.8, 4) is 11.4 Å². The number of anilines is 1. The number of fused-ring (bicyclic) bond motifs is 1. The Bertz CT molecular complexity index is 2100. The molecule has 4 fully saturated rings. The first-order chi connectivity index (χ1) is 25.8. The van der Waals surface area contributed by atoms with Crippen LogP contribution in [0.25, 0.3) is 16.6 Å². The van der Waals surface area contributed by atoms with Crippen LogP contribution in [-0.2, 0) is 10.5 Å². The molecule has 0 aliphatic carbocycles. The molecule has 282 valence electrons. The minimum Gasteiger partial charge on any atom is -0.493 e. The molecule has 0 spiro atoms. The average Bonchev–Trinajstić information content (AvgIpc) is 3.13. The van der Waals surface area contributed by atoms with Crippen LogP contribution in [0.5, 0.6) is 5.75 Å². The highest BCUT2D eigenvalue weighted by Gasteiger charge is 2.38. The molecule has 4 aliphatic rings. The Morgan fingerprint density at radius 3 is 2.36 bits per heavy atom. The molecule has 0 atom stereocenters. The Morgan fingerprint density at radius 1 is 0.849 bits per heavy atom. The number of aromatic nitrogens is 4. The molecule has 12 nitrogen and oxygen atoms in total. The third-order valence-corrected chi connectivity index (χ3v) is 12.7. The van der Waals surface area contributed by atoms with Gasteiger partial charge in [-0.3, -0.25) is 28.9 Å². The molecule has 2 N–H and O–H groups in total. The maximum Gasteiger partial charge on any atom is 0.332 e. The van der Waals surface area contributed by atoms with Crippen LogP contribution in [0, 0.1) is 17.6 Å². The first-order valence-corrected chi connectivity index (χ1v) is 19.7. The number of piperidine rings is 2. The van der Waals surface area contributed by atoms with E-state index in [0.29, 0.717) is 64.1 Å². The van der Waals surface area contributed by atoms with E-state index < -0.39 is 22.6 Å². The summed E-state index contributed by atoms with van der Waals surface area (Å²) >= 11 is 1.75. The van der Waals surface area contributed by atoms with Crippen LogP contribution in [0.15, 0.2) is 57.0 Å².